The van der Waals surface area contributed by atoms with Crippen molar-refractivity contribution in [2.45, 2.75) is 12.8 Å². The molecule has 0 aliphatic heterocycles. The first-order valence-corrected chi connectivity index (χ1v) is 6.91. The van der Waals surface area contributed by atoms with E-state index in [1.165, 1.54) is 0 Å². The standard InChI is InChI=1S/C15H17N5O/c1-20-11-16-10-13(20)15-18-14(21-19-15)8-5-9-17-12-6-3-2-4-7-12/h2-4,6-7,10-11,17H,5,8-9H2,1H3. The van der Waals surface area contributed by atoms with Gasteiger partial charge in [0, 0.05) is 25.7 Å². The molecule has 6 nitrogen and oxygen atoms in total. The fourth-order valence-electron chi connectivity index (χ4n) is 2.06. The van der Waals surface area contributed by atoms with E-state index in [1.807, 2.05) is 41.9 Å². The smallest absolute Gasteiger partial charge is 0.227 e. The highest BCUT2D eigenvalue weighted by Crippen LogP contribution is 2.14. The highest BCUT2D eigenvalue weighted by atomic mass is 16.5. The van der Waals surface area contributed by atoms with Crippen LogP contribution in [0.25, 0.3) is 11.5 Å². The van der Waals surface area contributed by atoms with Gasteiger partial charge in [-0.1, -0.05) is 23.4 Å². The normalized spacial score (nSPS) is 10.7. The van der Waals surface area contributed by atoms with Crippen LogP contribution in [0.1, 0.15) is 12.3 Å². The second-order valence-corrected chi connectivity index (χ2v) is 4.80. The topological polar surface area (TPSA) is 68.8 Å². The van der Waals surface area contributed by atoms with Crippen LogP contribution in [0.2, 0.25) is 0 Å². The van der Waals surface area contributed by atoms with Gasteiger partial charge in [-0.2, -0.15) is 4.98 Å². The van der Waals surface area contributed by atoms with E-state index in [9.17, 15) is 0 Å². The Balaban J connectivity index is 1.50. The van der Waals surface area contributed by atoms with E-state index in [1.54, 1.807) is 12.5 Å². The monoisotopic (exact) mass is 283 g/mol. The lowest BCUT2D eigenvalue weighted by Gasteiger charge is -2.03. The zero-order chi connectivity index (χ0) is 14.5. The number of rotatable bonds is 6. The molecule has 0 bridgehead atoms. The number of hydrogen-bond donors (Lipinski definition) is 1. The van der Waals surface area contributed by atoms with Crippen molar-refractivity contribution in [1.82, 2.24) is 19.7 Å². The zero-order valence-corrected chi connectivity index (χ0v) is 11.9. The molecule has 2 aromatic heterocycles. The Morgan fingerprint density at radius 1 is 1.24 bits per heavy atom. The Morgan fingerprint density at radius 3 is 2.86 bits per heavy atom. The molecule has 6 heteroatoms. The summed E-state index contributed by atoms with van der Waals surface area (Å²) in [4.78, 5) is 8.44. The molecule has 3 aromatic rings. The van der Waals surface area contributed by atoms with Crippen LogP contribution < -0.4 is 5.32 Å². The molecule has 21 heavy (non-hydrogen) atoms. The number of para-hydroxylation sites is 1. The molecule has 2 heterocycles. The largest absolute Gasteiger partial charge is 0.385 e. The van der Waals surface area contributed by atoms with E-state index >= 15 is 0 Å². The summed E-state index contributed by atoms with van der Waals surface area (Å²) in [5.74, 6) is 1.24. The Bertz CT molecular complexity index is 689. The molecule has 0 unspecified atom stereocenters. The Labute approximate surface area is 122 Å². The maximum absolute atomic E-state index is 5.27. The summed E-state index contributed by atoms with van der Waals surface area (Å²) < 4.78 is 7.13. The summed E-state index contributed by atoms with van der Waals surface area (Å²) in [7, 11) is 1.90. The summed E-state index contributed by atoms with van der Waals surface area (Å²) in [6, 6.07) is 10.1. The van der Waals surface area contributed by atoms with Gasteiger partial charge < -0.3 is 14.4 Å². The van der Waals surface area contributed by atoms with E-state index in [0.717, 1.165) is 30.8 Å². The maximum Gasteiger partial charge on any atom is 0.227 e. The highest BCUT2D eigenvalue weighted by Gasteiger charge is 2.11. The van der Waals surface area contributed by atoms with Gasteiger partial charge in [-0.15, -0.1) is 0 Å². The van der Waals surface area contributed by atoms with Crippen molar-refractivity contribution in [2.75, 3.05) is 11.9 Å². The summed E-state index contributed by atoms with van der Waals surface area (Å²) in [6.45, 7) is 0.868. The van der Waals surface area contributed by atoms with E-state index in [4.69, 9.17) is 4.52 Å². The summed E-state index contributed by atoms with van der Waals surface area (Å²) in [5.41, 5.74) is 1.98. The van der Waals surface area contributed by atoms with Crippen molar-refractivity contribution in [3.8, 4) is 11.5 Å². The Kier molecular flexibility index (Phi) is 3.95. The van der Waals surface area contributed by atoms with Crippen LogP contribution >= 0.6 is 0 Å². The van der Waals surface area contributed by atoms with Crippen LogP contribution in [0.15, 0.2) is 47.4 Å². The SMILES string of the molecule is Cn1cncc1-c1noc(CCCNc2ccccc2)n1. The minimum absolute atomic E-state index is 0.584. The van der Waals surface area contributed by atoms with E-state index in [2.05, 4.69) is 20.4 Å². The van der Waals surface area contributed by atoms with Gasteiger partial charge >= 0.3 is 0 Å². The maximum atomic E-state index is 5.27. The van der Waals surface area contributed by atoms with Gasteiger partial charge in [-0.25, -0.2) is 4.98 Å². The van der Waals surface area contributed by atoms with Gasteiger partial charge in [0.2, 0.25) is 11.7 Å². The van der Waals surface area contributed by atoms with E-state index in [-0.39, 0.29) is 0 Å². The average molecular weight is 283 g/mol. The second-order valence-electron chi connectivity index (χ2n) is 4.80. The third kappa shape index (κ3) is 3.28. The summed E-state index contributed by atoms with van der Waals surface area (Å²) in [5, 5.41) is 7.34. The van der Waals surface area contributed by atoms with Gasteiger partial charge in [0.25, 0.3) is 0 Å². The van der Waals surface area contributed by atoms with Crippen molar-refractivity contribution in [1.29, 1.82) is 0 Å². The van der Waals surface area contributed by atoms with E-state index in [0.29, 0.717) is 11.7 Å². The lowest BCUT2D eigenvalue weighted by atomic mass is 10.3. The Morgan fingerprint density at radius 2 is 2.10 bits per heavy atom. The fraction of sp³-hybridized carbons (Fsp3) is 0.267. The molecule has 0 saturated carbocycles. The molecule has 108 valence electrons. The first-order chi connectivity index (χ1) is 10.3. The number of aromatic nitrogens is 4. The molecule has 1 N–H and O–H groups in total. The molecular weight excluding hydrogens is 266 g/mol. The number of aryl methyl sites for hydroxylation is 2. The molecule has 0 saturated heterocycles. The Hall–Kier alpha value is -2.63. The molecule has 0 radical (unpaired) electrons. The van der Waals surface area contributed by atoms with Gasteiger partial charge in [-0.05, 0) is 18.6 Å². The van der Waals surface area contributed by atoms with Crippen LogP contribution in [0, 0.1) is 0 Å². The summed E-state index contributed by atoms with van der Waals surface area (Å²) >= 11 is 0. The van der Waals surface area contributed by atoms with Crippen LogP contribution in [0.5, 0.6) is 0 Å². The minimum Gasteiger partial charge on any atom is -0.385 e. The number of hydrogen-bond acceptors (Lipinski definition) is 5. The van der Waals surface area contributed by atoms with Crippen LogP contribution in [0.3, 0.4) is 0 Å². The fourth-order valence-corrected chi connectivity index (χ4v) is 2.06. The number of nitrogens with one attached hydrogen (secondary N) is 1. The average Bonchev–Trinajstić information content (AvgIpc) is 3.13. The third-order valence-electron chi connectivity index (χ3n) is 3.18. The number of anilines is 1. The minimum atomic E-state index is 0.584. The first kappa shape index (κ1) is 13.4. The van der Waals surface area contributed by atoms with Crippen molar-refractivity contribution < 1.29 is 4.52 Å². The predicted molar refractivity (Wildman–Crippen MR) is 79.8 cm³/mol. The number of benzene rings is 1. The van der Waals surface area contributed by atoms with Crippen molar-refractivity contribution in [3.63, 3.8) is 0 Å². The molecule has 0 amide bonds. The number of imidazole rings is 1. The van der Waals surface area contributed by atoms with Gasteiger partial charge in [-0.3, -0.25) is 0 Å². The molecule has 3 rings (SSSR count). The van der Waals surface area contributed by atoms with E-state index < -0.39 is 0 Å². The zero-order valence-electron chi connectivity index (χ0n) is 11.9. The molecule has 0 spiro atoms. The molecular formula is C15H17N5O. The molecule has 1 aromatic carbocycles. The van der Waals surface area contributed by atoms with Crippen LogP contribution in [0.4, 0.5) is 5.69 Å². The lowest BCUT2D eigenvalue weighted by Crippen LogP contribution is -2.02. The quantitative estimate of drug-likeness (QED) is 0.704. The second kappa shape index (κ2) is 6.21. The predicted octanol–water partition coefficient (Wildman–Crippen LogP) is 2.51. The van der Waals surface area contributed by atoms with Crippen molar-refractivity contribution in [2.24, 2.45) is 7.05 Å². The third-order valence-corrected chi connectivity index (χ3v) is 3.18. The van der Waals surface area contributed by atoms with Crippen molar-refractivity contribution in [3.05, 3.63) is 48.7 Å². The number of nitrogens with zero attached hydrogens (tertiary/aromatic N) is 4. The van der Waals surface area contributed by atoms with Crippen LogP contribution in [-0.4, -0.2) is 26.2 Å². The van der Waals surface area contributed by atoms with Crippen LogP contribution in [-0.2, 0) is 13.5 Å². The van der Waals surface area contributed by atoms with Crippen molar-refractivity contribution >= 4 is 5.69 Å². The summed E-state index contributed by atoms with van der Waals surface area (Å²) in [6.07, 6.45) is 5.13. The molecule has 0 aliphatic carbocycles. The van der Waals surface area contributed by atoms with Gasteiger partial charge in [0.15, 0.2) is 0 Å². The molecule has 0 aliphatic rings. The highest BCUT2D eigenvalue weighted by molar-refractivity contribution is 5.47. The van der Waals surface area contributed by atoms with Gasteiger partial charge in [0.1, 0.15) is 5.69 Å². The van der Waals surface area contributed by atoms with Gasteiger partial charge in [0.05, 0.1) is 12.5 Å². The lowest BCUT2D eigenvalue weighted by molar-refractivity contribution is 0.377. The molecule has 0 atom stereocenters. The molecule has 0 fully saturated rings. The first-order valence-electron chi connectivity index (χ1n) is 6.91.